The fraction of sp³-hybridized carbons (Fsp3) is 0.348. The van der Waals surface area contributed by atoms with Gasteiger partial charge in [0, 0.05) is 6.54 Å². The number of benzene rings is 1. The lowest BCUT2D eigenvalue weighted by Gasteiger charge is -2.32. The van der Waals surface area contributed by atoms with E-state index in [0.717, 1.165) is 5.56 Å². The Kier molecular flexibility index (Phi) is 7.01. The number of pyridine rings is 1. The van der Waals surface area contributed by atoms with Gasteiger partial charge < -0.3 is 24.5 Å². The summed E-state index contributed by atoms with van der Waals surface area (Å²) < 4.78 is 17.5. The van der Waals surface area contributed by atoms with Crippen LogP contribution in [0, 0.1) is 0 Å². The fourth-order valence-corrected chi connectivity index (χ4v) is 2.99. The van der Waals surface area contributed by atoms with E-state index in [0.29, 0.717) is 11.2 Å². The highest BCUT2D eigenvalue weighted by molar-refractivity contribution is 6.56. The molecule has 32 heavy (non-hydrogen) atoms. The smallest absolute Gasteiger partial charge is 0.477 e. The standard InChI is InChI=1S/C23H27BN2O6/c1-22(2)23(3,4)32-24(31-22)17(13-18-11-8-12-19(26-18)20(27)28)14-25-21(29)30-15-16-9-6-5-7-10-16/h5-13H,14-15H2,1-4H3,(H,25,29)(H,27,28). The molecule has 8 nitrogen and oxygen atoms in total. The van der Waals surface area contributed by atoms with Crippen LogP contribution in [0.25, 0.3) is 6.08 Å². The second-order valence-corrected chi connectivity index (χ2v) is 8.48. The maximum absolute atomic E-state index is 12.3. The van der Waals surface area contributed by atoms with E-state index in [9.17, 15) is 14.7 Å². The van der Waals surface area contributed by atoms with Crippen LogP contribution in [0.2, 0.25) is 0 Å². The second-order valence-electron chi connectivity index (χ2n) is 8.48. The summed E-state index contributed by atoms with van der Waals surface area (Å²) in [6, 6.07) is 14.0. The number of nitrogens with zero attached hydrogens (tertiary/aromatic N) is 1. The van der Waals surface area contributed by atoms with E-state index < -0.39 is 30.4 Å². The van der Waals surface area contributed by atoms with E-state index >= 15 is 0 Å². The highest BCUT2D eigenvalue weighted by Gasteiger charge is 2.52. The summed E-state index contributed by atoms with van der Waals surface area (Å²) in [7, 11) is -0.746. The molecule has 2 N–H and O–H groups in total. The van der Waals surface area contributed by atoms with E-state index in [4.69, 9.17) is 14.0 Å². The number of alkyl carbamates (subject to hydrolysis) is 1. The second kappa shape index (κ2) is 9.54. The first-order chi connectivity index (χ1) is 15.1. The van der Waals surface area contributed by atoms with Crippen LogP contribution in [-0.4, -0.2) is 47.0 Å². The normalized spacial score (nSPS) is 17.1. The van der Waals surface area contributed by atoms with Crippen molar-refractivity contribution in [2.24, 2.45) is 0 Å². The van der Waals surface area contributed by atoms with Gasteiger partial charge in [0.25, 0.3) is 0 Å². The molecule has 2 heterocycles. The number of carboxylic acids is 1. The lowest BCUT2D eigenvalue weighted by molar-refractivity contribution is 0.00578. The van der Waals surface area contributed by atoms with E-state index in [-0.39, 0.29) is 18.8 Å². The Morgan fingerprint density at radius 1 is 1.06 bits per heavy atom. The number of carboxylic acid groups (broad SMARTS) is 1. The quantitative estimate of drug-likeness (QED) is 0.635. The minimum absolute atomic E-state index is 0.0728. The van der Waals surface area contributed by atoms with Crippen LogP contribution in [-0.2, 0) is 20.7 Å². The van der Waals surface area contributed by atoms with Gasteiger partial charge in [-0.1, -0.05) is 36.4 Å². The fourth-order valence-electron chi connectivity index (χ4n) is 2.99. The van der Waals surface area contributed by atoms with Crippen LogP contribution in [0.5, 0.6) is 0 Å². The van der Waals surface area contributed by atoms with Gasteiger partial charge >= 0.3 is 19.2 Å². The third-order valence-electron chi connectivity index (χ3n) is 5.53. The number of nitrogens with one attached hydrogen (secondary N) is 1. The van der Waals surface area contributed by atoms with Crippen molar-refractivity contribution in [2.45, 2.75) is 45.5 Å². The summed E-state index contributed by atoms with van der Waals surface area (Å²) in [4.78, 5) is 27.6. The van der Waals surface area contributed by atoms with Gasteiger partial charge in [0.1, 0.15) is 12.3 Å². The molecule has 0 spiro atoms. The zero-order valence-corrected chi connectivity index (χ0v) is 18.6. The molecule has 1 saturated heterocycles. The number of hydrogen-bond donors (Lipinski definition) is 2. The predicted molar refractivity (Wildman–Crippen MR) is 120 cm³/mol. The van der Waals surface area contributed by atoms with Crippen LogP contribution in [0.15, 0.2) is 54.0 Å². The molecule has 168 valence electrons. The number of aromatic nitrogens is 1. The first-order valence-electron chi connectivity index (χ1n) is 10.3. The number of carbonyl (C=O) groups is 2. The summed E-state index contributed by atoms with van der Waals surface area (Å²) >= 11 is 0. The molecule has 1 aromatic carbocycles. The highest BCUT2D eigenvalue weighted by Crippen LogP contribution is 2.38. The Hall–Kier alpha value is -3.17. The van der Waals surface area contributed by atoms with Gasteiger partial charge in [0.2, 0.25) is 0 Å². The van der Waals surface area contributed by atoms with Crippen molar-refractivity contribution >= 4 is 25.3 Å². The zero-order valence-electron chi connectivity index (χ0n) is 18.6. The molecule has 1 aliphatic heterocycles. The van der Waals surface area contributed by atoms with Gasteiger partial charge in [-0.3, -0.25) is 0 Å². The molecule has 1 aliphatic rings. The maximum atomic E-state index is 12.3. The molecule has 1 aromatic heterocycles. The average molecular weight is 438 g/mol. The molecule has 0 bridgehead atoms. The molecule has 0 saturated carbocycles. The number of carbonyl (C=O) groups excluding carboxylic acids is 1. The number of amides is 1. The number of hydrogen-bond acceptors (Lipinski definition) is 6. The zero-order chi connectivity index (χ0) is 23.4. The van der Waals surface area contributed by atoms with Gasteiger partial charge in [-0.25, -0.2) is 14.6 Å². The molecule has 2 aromatic rings. The van der Waals surface area contributed by atoms with E-state index in [2.05, 4.69) is 10.3 Å². The average Bonchev–Trinajstić information content (AvgIpc) is 2.97. The predicted octanol–water partition coefficient (Wildman–Crippen LogP) is 3.72. The molecular weight excluding hydrogens is 411 g/mol. The van der Waals surface area contributed by atoms with E-state index in [1.54, 1.807) is 18.2 Å². The van der Waals surface area contributed by atoms with Crippen LogP contribution < -0.4 is 5.32 Å². The molecule has 0 unspecified atom stereocenters. The topological polar surface area (TPSA) is 107 Å². The molecule has 1 fully saturated rings. The third-order valence-corrected chi connectivity index (χ3v) is 5.53. The number of aromatic carboxylic acids is 1. The van der Waals surface area contributed by atoms with Crippen LogP contribution in [0.1, 0.15) is 49.4 Å². The maximum Gasteiger partial charge on any atom is 0.492 e. The van der Waals surface area contributed by atoms with E-state index in [1.165, 1.54) is 6.07 Å². The number of ether oxygens (including phenoxy) is 1. The Morgan fingerprint density at radius 2 is 1.72 bits per heavy atom. The van der Waals surface area contributed by atoms with Crippen molar-refractivity contribution in [2.75, 3.05) is 6.54 Å². The van der Waals surface area contributed by atoms with E-state index in [1.807, 2.05) is 58.0 Å². The van der Waals surface area contributed by atoms with Crippen LogP contribution in [0.4, 0.5) is 4.79 Å². The summed E-state index contributed by atoms with van der Waals surface area (Å²) in [5, 5.41) is 11.9. The third kappa shape index (κ3) is 5.75. The minimum atomic E-state index is -1.12. The SMILES string of the molecule is CC1(C)OB(C(=Cc2cccc(C(=O)O)n2)CNC(=O)OCc2ccccc2)OC1(C)C. The summed E-state index contributed by atoms with van der Waals surface area (Å²) in [6.07, 6.45) is 1.06. The number of rotatable bonds is 7. The van der Waals surface area contributed by atoms with Crippen molar-refractivity contribution in [3.05, 3.63) is 71.0 Å². The molecule has 3 rings (SSSR count). The highest BCUT2D eigenvalue weighted by atomic mass is 16.7. The first-order valence-corrected chi connectivity index (χ1v) is 10.3. The first kappa shape index (κ1) is 23.5. The Balaban J connectivity index is 1.76. The Bertz CT molecular complexity index is 991. The molecular formula is C23H27BN2O6. The summed E-state index contributed by atoms with van der Waals surface area (Å²) in [5.74, 6) is -1.12. The molecule has 9 heteroatoms. The Labute approximate surface area is 187 Å². The van der Waals surface area contributed by atoms with Crippen molar-refractivity contribution in [1.82, 2.24) is 10.3 Å². The van der Waals surface area contributed by atoms with Gasteiger partial charge in [-0.15, -0.1) is 0 Å². The van der Waals surface area contributed by atoms with Crippen molar-refractivity contribution < 1.29 is 28.7 Å². The molecule has 0 atom stereocenters. The lowest BCUT2D eigenvalue weighted by Crippen LogP contribution is -2.41. The van der Waals surface area contributed by atoms with Crippen LogP contribution >= 0.6 is 0 Å². The van der Waals surface area contributed by atoms with Crippen molar-refractivity contribution in [3.63, 3.8) is 0 Å². The van der Waals surface area contributed by atoms with Gasteiger partial charge in [0.15, 0.2) is 0 Å². The summed E-state index contributed by atoms with van der Waals surface area (Å²) in [5.41, 5.74) is 0.618. The van der Waals surface area contributed by atoms with Gasteiger partial charge in [-0.2, -0.15) is 0 Å². The summed E-state index contributed by atoms with van der Waals surface area (Å²) in [6.45, 7) is 7.92. The van der Waals surface area contributed by atoms with Crippen LogP contribution in [0.3, 0.4) is 0 Å². The monoisotopic (exact) mass is 438 g/mol. The Morgan fingerprint density at radius 3 is 2.34 bits per heavy atom. The van der Waals surface area contributed by atoms with Gasteiger partial charge in [0.05, 0.1) is 16.9 Å². The molecule has 0 radical (unpaired) electrons. The molecule has 0 aliphatic carbocycles. The molecule has 1 amide bonds. The minimum Gasteiger partial charge on any atom is -0.477 e. The van der Waals surface area contributed by atoms with Crippen molar-refractivity contribution in [3.8, 4) is 0 Å². The van der Waals surface area contributed by atoms with Crippen molar-refractivity contribution in [1.29, 1.82) is 0 Å². The lowest BCUT2D eigenvalue weighted by atomic mass is 9.77. The largest absolute Gasteiger partial charge is 0.492 e. The van der Waals surface area contributed by atoms with Gasteiger partial charge in [-0.05, 0) is 56.9 Å².